The molecule has 2 unspecified atom stereocenters. The minimum absolute atomic E-state index is 0.191. The van der Waals surface area contributed by atoms with Crippen LogP contribution in [-0.4, -0.2) is 36.7 Å². The van der Waals surface area contributed by atoms with E-state index in [0.29, 0.717) is 51.6 Å². The van der Waals surface area contributed by atoms with E-state index in [1.165, 1.54) is 0 Å². The van der Waals surface area contributed by atoms with Gasteiger partial charge in [-0.05, 0) is 51.9 Å². The van der Waals surface area contributed by atoms with Crippen LogP contribution in [0, 0.1) is 0 Å². The molecule has 0 amide bonds. The molecule has 0 N–H and O–H groups in total. The van der Waals surface area contributed by atoms with Crippen LogP contribution in [0.3, 0.4) is 0 Å². The lowest BCUT2D eigenvalue weighted by Crippen LogP contribution is -2.22. The van der Waals surface area contributed by atoms with Crippen molar-refractivity contribution in [1.82, 2.24) is 0 Å². The molecule has 26 heavy (non-hydrogen) atoms. The summed E-state index contributed by atoms with van der Waals surface area (Å²) in [5, 5.41) is 0. The quantitative estimate of drug-likeness (QED) is 0.242. The molecule has 0 aliphatic rings. The van der Waals surface area contributed by atoms with Crippen molar-refractivity contribution in [2.75, 3.05) is 6.61 Å². The van der Waals surface area contributed by atoms with Crippen LogP contribution in [0.15, 0.2) is 0 Å². The summed E-state index contributed by atoms with van der Waals surface area (Å²) in [6.07, 6.45) is 5.59. The highest BCUT2D eigenvalue weighted by molar-refractivity contribution is 5.70. The molecular formula is C20H36O6. The largest absolute Gasteiger partial charge is 0.466 e. The van der Waals surface area contributed by atoms with Crippen LogP contribution in [-0.2, 0) is 28.6 Å². The number of carbonyl (C=O) groups is 3. The standard InChI is InChI=1S/C20H36O6/c1-5-9-18(21)24-15-8-12-17(26-20(23)11-7-3)14-13-16(4)25-19(22)10-6-2/h16-17H,5-15H2,1-4H3. The molecule has 0 spiro atoms. The van der Waals surface area contributed by atoms with Crippen LogP contribution in [0.25, 0.3) is 0 Å². The third-order valence-corrected chi connectivity index (χ3v) is 3.82. The van der Waals surface area contributed by atoms with E-state index in [-0.39, 0.29) is 30.1 Å². The van der Waals surface area contributed by atoms with Crippen molar-refractivity contribution < 1.29 is 28.6 Å². The first-order valence-corrected chi connectivity index (χ1v) is 9.97. The van der Waals surface area contributed by atoms with Gasteiger partial charge in [0.15, 0.2) is 0 Å². The molecular weight excluding hydrogens is 336 g/mol. The summed E-state index contributed by atoms with van der Waals surface area (Å²) < 4.78 is 16.0. The van der Waals surface area contributed by atoms with E-state index in [1.807, 2.05) is 27.7 Å². The van der Waals surface area contributed by atoms with Gasteiger partial charge in [0, 0.05) is 19.3 Å². The van der Waals surface area contributed by atoms with E-state index in [4.69, 9.17) is 14.2 Å². The molecule has 0 rings (SSSR count). The number of esters is 3. The van der Waals surface area contributed by atoms with E-state index in [9.17, 15) is 14.4 Å². The summed E-state index contributed by atoms with van der Waals surface area (Å²) in [7, 11) is 0. The van der Waals surface area contributed by atoms with Crippen molar-refractivity contribution in [2.45, 2.75) is 104 Å². The van der Waals surface area contributed by atoms with Crippen LogP contribution in [0.4, 0.5) is 0 Å². The van der Waals surface area contributed by atoms with Crippen LogP contribution in [0.2, 0.25) is 0 Å². The van der Waals surface area contributed by atoms with Gasteiger partial charge in [0.05, 0.1) is 12.7 Å². The molecule has 0 saturated carbocycles. The molecule has 0 aromatic heterocycles. The van der Waals surface area contributed by atoms with Gasteiger partial charge in [-0.25, -0.2) is 0 Å². The van der Waals surface area contributed by atoms with Crippen molar-refractivity contribution in [3.05, 3.63) is 0 Å². The molecule has 0 bridgehead atoms. The predicted octanol–water partition coefficient (Wildman–Crippen LogP) is 4.33. The predicted molar refractivity (Wildman–Crippen MR) is 99.6 cm³/mol. The summed E-state index contributed by atoms with van der Waals surface area (Å²) in [5.41, 5.74) is 0. The Morgan fingerprint density at radius 3 is 1.85 bits per heavy atom. The molecule has 0 fully saturated rings. The summed E-state index contributed by atoms with van der Waals surface area (Å²) in [6.45, 7) is 7.98. The molecule has 6 heteroatoms. The lowest BCUT2D eigenvalue weighted by Gasteiger charge is -2.20. The molecule has 0 radical (unpaired) electrons. The van der Waals surface area contributed by atoms with Crippen LogP contribution in [0.1, 0.15) is 91.9 Å². The van der Waals surface area contributed by atoms with Crippen molar-refractivity contribution in [2.24, 2.45) is 0 Å². The Bertz CT molecular complexity index is 407. The SMILES string of the molecule is CCCC(=O)OCCCC(CCC(C)OC(=O)CCC)OC(=O)CCC. The van der Waals surface area contributed by atoms with Gasteiger partial charge >= 0.3 is 17.9 Å². The van der Waals surface area contributed by atoms with E-state index in [1.54, 1.807) is 0 Å². The number of ether oxygens (including phenoxy) is 3. The average Bonchev–Trinajstić information content (AvgIpc) is 2.57. The molecule has 6 nitrogen and oxygen atoms in total. The fraction of sp³-hybridized carbons (Fsp3) is 0.850. The second-order valence-corrected chi connectivity index (χ2v) is 6.60. The van der Waals surface area contributed by atoms with Gasteiger partial charge in [-0.1, -0.05) is 20.8 Å². The highest BCUT2D eigenvalue weighted by Gasteiger charge is 2.17. The molecule has 0 aromatic rings. The Morgan fingerprint density at radius 1 is 0.731 bits per heavy atom. The van der Waals surface area contributed by atoms with E-state index in [0.717, 1.165) is 19.3 Å². The topological polar surface area (TPSA) is 78.9 Å². The maximum absolute atomic E-state index is 11.8. The highest BCUT2D eigenvalue weighted by Crippen LogP contribution is 2.15. The molecule has 152 valence electrons. The van der Waals surface area contributed by atoms with Gasteiger partial charge in [-0.3, -0.25) is 14.4 Å². The molecule has 0 saturated heterocycles. The molecule has 0 aliphatic heterocycles. The van der Waals surface area contributed by atoms with Gasteiger partial charge in [-0.15, -0.1) is 0 Å². The van der Waals surface area contributed by atoms with Gasteiger partial charge in [0.1, 0.15) is 6.10 Å². The van der Waals surface area contributed by atoms with Crippen LogP contribution in [0.5, 0.6) is 0 Å². The average molecular weight is 373 g/mol. The van der Waals surface area contributed by atoms with Crippen LogP contribution < -0.4 is 0 Å². The zero-order chi connectivity index (χ0) is 19.8. The summed E-state index contributed by atoms with van der Waals surface area (Å²) in [4.78, 5) is 34.7. The Kier molecular flexibility index (Phi) is 14.7. The maximum Gasteiger partial charge on any atom is 0.306 e. The summed E-state index contributed by atoms with van der Waals surface area (Å²) in [6, 6.07) is 0. The molecule has 0 heterocycles. The second kappa shape index (κ2) is 15.6. The van der Waals surface area contributed by atoms with Gasteiger partial charge in [0.25, 0.3) is 0 Å². The smallest absolute Gasteiger partial charge is 0.306 e. The van der Waals surface area contributed by atoms with Gasteiger partial charge < -0.3 is 14.2 Å². The van der Waals surface area contributed by atoms with Gasteiger partial charge in [0.2, 0.25) is 0 Å². The van der Waals surface area contributed by atoms with Crippen LogP contribution >= 0.6 is 0 Å². The van der Waals surface area contributed by atoms with Crippen molar-refractivity contribution >= 4 is 17.9 Å². The number of hydrogen-bond acceptors (Lipinski definition) is 6. The third kappa shape index (κ3) is 13.7. The first-order chi connectivity index (χ1) is 12.4. The van der Waals surface area contributed by atoms with E-state index in [2.05, 4.69) is 0 Å². The lowest BCUT2D eigenvalue weighted by molar-refractivity contribution is -0.153. The molecule has 0 aromatic carbocycles. The van der Waals surface area contributed by atoms with Crippen molar-refractivity contribution in [3.63, 3.8) is 0 Å². The van der Waals surface area contributed by atoms with E-state index < -0.39 is 0 Å². The number of hydrogen-bond donors (Lipinski definition) is 0. The first kappa shape index (κ1) is 24.4. The Labute approximate surface area is 157 Å². The summed E-state index contributed by atoms with van der Waals surface area (Å²) in [5.74, 6) is -0.595. The Balaban J connectivity index is 4.30. The van der Waals surface area contributed by atoms with Crippen molar-refractivity contribution in [1.29, 1.82) is 0 Å². The molecule has 2 atom stereocenters. The summed E-state index contributed by atoms with van der Waals surface area (Å²) >= 11 is 0. The van der Waals surface area contributed by atoms with Crippen molar-refractivity contribution in [3.8, 4) is 0 Å². The Hall–Kier alpha value is -1.59. The van der Waals surface area contributed by atoms with E-state index >= 15 is 0 Å². The first-order valence-electron chi connectivity index (χ1n) is 9.97. The zero-order valence-corrected chi connectivity index (χ0v) is 16.9. The normalized spacial score (nSPS) is 12.9. The minimum Gasteiger partial charge on any atom is -0.466 e. The number of carbonyl (C=O) groups excluding carboxylic acids is 3. The maximum atomic E-state index is 11.8. The molecule has 0 aliphatic carbocycles. The third-order valence-electron chi connectivity index (χ3n) is 3.82. The minimum atomic E-state index is -0.244. The fourth-order valence-electron chi connectivity index (χ4n) is 2.45. The Morgan fingerprint density at radius 2 is 1.27 bits per heavy atom. The monoisotopic (exact) mass is 372 g/mol. The number of rotatable bonds is 15. The fourth-order valence-corrected chi connectivity index (χ4v) is 2.45. The van der Waals surface area contributed by atoms with Gasteiger partial charge in [-0.2, -0.15) is 0 Å². The highest BCUT2D eigenvalue weighted by atomic mass is 16.6. The zero-order valence-electron chi connectivity index (χ0n) is 16.9. The lowest BCUT2D eigenvalue weighted by atomic mass is 10.1. The second-order valence-electron chi connectivity index (χ2n) is 6.60.